The molecule has 1 aromatic rings. The lowest BCUT2D eigenvalue weighted by Gasteiger charge is -2.16. The molecule has 2 amide bonds. The maximum atomic E-state index is 13.4. The molecule has 0 unspecified atom stereocenters. The molecule has 0 aliphatic heterocycles. The highest BCUT2D eigenvalue weighted by Crippen LogP contribution is 2.18. The van der Waals surface area contributed by atoms with Gasteiger partial charge >= 0.3 is 6.03 Å². The van der Waals surface area contributed by atoms with Crippen molar-refractivity contribution in [1.29, 1.82) is 0 Å². The molecule has 19 heavy (non-hydrogen) atoms. The van der Waals surface area contributed by atoms with Gasteiger partial charge in [-0.05, 0) is 37.5 Å². The number of halogens is 1. The van der Waals surface area contributed by atoms with Gasteiger partial charge in [-0.3, -0.25) is 0 Å². The lowest BCUT2D eigenvalue weighted by atomic mass is 10.1. The van der Waals surface area contributed by atoms with Crippen molar-refractivity contribution in [2.45, 2.75) is 51.5 Å². The SMILES string of the molecule is Cc1ccc(NC(=O)NC2CCCCCC2)cc1F. The van der Waals surface area contributed by atoms with Gasteiger partial charge in [0.25, 0.3) is 0 Å². The molecule has 0 atom stereocenters. The quantitative estimate of drug-likeness (QED) is 0.779. The van der Waals surface area contributed by atoms with Gasteiger partial charge in [0.05, 0.1) is 0 Å². The number of hydrogen-bond donors (Lipinski definition) is 2. The van der Waals surface area contributed by atoms with E-state index in [1.807, 2.05) is 0 Å². The number of nitrogens with one attached hydrogen (secondary N) is 2. The molecular formula is C15H21FN2O. The van der Waals surface area contributed by atoms with Gasteiger partial charge in [0.15, 0.2) is 0 Å². The molecule has 1 aliphatic carbocycles. The number of amides is 2. The van der Waals surface area contributed by atoms with Crippen LogP contribution in [0, 0.1) is 12.7 Å². The van der Waals surface area contributed by atoms with Crippen molar-refractivity contribution in [3.63, 3.8) is 0 Å². The van der Waals surface area contributed by atoms with Gasteiger partial charge in [-0.15, -0.1) is 0 Å². The fraction of sp³-hybridized carbons (Fsp3) is 0.533. The first-order chi connectivity index (χ1) is 9.15. The first-order valence-electron chi connectivity index (χ1n) is 6.99. The summed E-state index contributed by atoms with van der Waals surface area (Å²) in [6, 6.07) is 4.73. The van der Waals surface area contributed by atoms with E-state index in [1.54, 1.807) is 19.1 Å². The molecule has 3 nitrogen and oxygen atoms in total. The molecule has 4 heteroatoms. The number of anilines is 1. The second-order valence-corrected chi connectivity index (χ2v) is 5.25. The third-order valence-electron chi connectivity index (χ3n) is 3.62. The molecule has 0 spiro atoms. The second kappa shape index (κ2) is 6.55. The average molecular weight is 264 g/mol. The number of benzene rings is 1. The van der Waals surface area contributed by atoms with Gasteiger partial charge < -0.3 is 10.6 Å². The van der Waals surface area contributed by atoms with Crippen LogP contribution in [0.5, 0.6) is 0 Å². The Hall–Kier alpha value is -1.58. The minimum atomic E-state index is -0.299. The van der Waals surface area contributed by atoms with E-state index in [1.165, 1.54) is 31.7 Å². The minimum Gasteiger partial charge on any atom is -0.335 e. The molecule has 0 bridgehead atoms. The zero-order valence-corrected chi connectivity index (χ0v) is 11.3. The molecule has 2 rings (SSSR count). The lowest BCUT2D eigenvalue weighted by molar-refractivity contribution is 0.247. The van der Waals surface area contributed by atoms with Crippen LogP contribution in [-0.4, -0.2) is 12.1 Å². The zero-order chi connectivity index (χ0) is 13.7. The van der Waals surface area contributed by atoms with Crippen LogP contribution in [0.15, 0.2) is 18.2 Å². The van der Waals surface area contributed by atoms with Crippen molar-refractivity contribution in [3.8, 4) is 0 Å². The molecule has 1 aromatic carbocycles. The summed E-state index contributed by atoms with van der Waals surface area (Å²) in [5, 5.41) is 5.66. The third kappa shape index (κ3) is 4.23. The molecule has 0 saturated heterocycles. The Labute approximate surface area is 113 Å². The van der Waals surface area contributed by atoms with Crippen LogP contribution in [-0.2, 0) is 0 Å². The van der Waals surface area contributed by atoms with Gasteiger partial charge in [-0.2, -0.15) is 0 Å². The molecule has 1 aliphatic rings. The van der Waals surface area contributed by atoms with Crippen molar-refractivity contribution in [3.05, 3.63) is 29.6 Å². The van der Waals surface area contributed by atoms with Crippen LogP contribution in [0.25, 0.3) is 0 Å². The van der Waals surface area contributed by atoms with Crippen molar-refractivity contribution >= 4 is 11.7 Å². The summed E-state index contributed by atoms with van der Waals surface area (Å²) < 4.78 is 13.4. The Kier molecular flexibility index (Phi) is 4.77. The normalized spacial score (nSPS) is 16.7. The van der Waals surface area contributed by atoms with Crippen LogP contribution in [0.4, 0.5) is 14.9 Å². The smallest absolute Gasteiger partial charge is 0.319 e. The van der Waals surface area contributed by atoms with E-state index in [9.17, 15) is 9.18 Å². The number of carbonyl (C=O) groups excluding carboxylic acids is 1. The summed E-state index contributed by atoms with van der Waals surface area (Å²) in [4.78, 5) is 11.8. The number of aryl methyl sites for hydroxylation is 1. The highest BCUT2D eigenvalue weighted by atomic mass is 19.1. The van der Waals surface area contributed by atoms with E-state index in [0.29, 0.717) is 11.3 Å². The summed E-state index contributed by atoms with van der Waals surface area (Å²) >= 11 is 0. The fourth-order valence-corrected chi connectivity index (χ4v) is 2.45. The number of rotatable bonds is 2. The highest BCUT2D eigenvalue weighted by Gasteiger charge is 2.14. The maximum Gasteiger partial charge on any atom is 0.319 e. The monoisotopic (exact) mass is 264 g/mol. The van der Waals surface area contributed by atoms with Gasteiger partial charge in [-0.1, -0.05) is 31.7 Å². The van der Waals surface area contributed by atoms with Gasteiger partial charge in [0.1, 0.15) is 5.82 Å². The Morgan fingerprint density at radius 2 is 1.89 bits per heavy atom. The summed E-state index contributed by atoms with van der Waals surface area (Å²) in [6.07, 6.45) is 6.92. The zero-order valence-electron chi connectivity index (χ0n) is 11.3. The summed E-state index contributed by atoms with van der Waals surface area (Å²) in [5.41, 5.74) is 1.07. The molecule has 0 radical (unpaired) electrons. The van der Waals surface area contributed by atoms with Crippen LogP contribution < -0.4 is 10.6 Å². The predicted molar refractivity (Wildman–Crippen MR) is 74.8 cm³/mol. The summed E-state index contributed by atoms with van der Waals surface area (Å²) in [5.74, 6) is -0.299. The first-order valence-corrected chi connectivity index (χ1v) is 6.99. The van der Waals surface area contributed by atoms with E-state index in [-0.39, 0.29) is 17.9 Å². The molecule has 0 aromatic heterocycles. The van der Waals surface area contributed by atoms with Crippen molar-refractivity contribution in [2.24, 2.45) is 0 Å². The Bertz CT molecular complexity index is 440. The number of hydrogen-bond acceptors (Lipinski definition) is 1. The first kappa shape index (κ1) is 13.8. The summed E-state index contributed by atoms with van der Waals surface area (Å²) in [6.45, 7) is 1.70. The van der Waals surface area contributed by atoms with Crippen molar-refractivity contribution < 1.29 is 9.18 Å². The fourth-order valence-electron chi connectivity index (χ4n) is 2.45. The molecule has 0 heterocycles. The predicted octanol–water partition coefficient (Wildman–Crippen LogP) is 3.98. The third-order valence-corrected chi connectivity index (χ3v) is 3.62. The van der Waals surface area contributed by atoms with Gasteiger partial charge in [0.2, 0.25) is 0 Å². The minimum absolute atomic E-state index is 0.241. The molecular weight excluding hydrogens is 243 g/mol. The van der Waals surface area contributed by atoms with E-state index in [2.05, 4.69) is 10.6 Å². The Morgan fingerprint density at radius 1 is 1.21 bits per heavy atom. The van der Waals surface area contributed by atoms with Gasteiger partial charge in [-0.25, -0.2) is 9.18 Å². The maximum absolute atomic E-state index is 13.4. The summed E-state index contributed by atoms with van der Waals surface area (Å²) in [7, 11) is 0. The van der Waals surface area contributed by atoms with E-state index in [4.69, 9.17) is 0 Å². The van der Waals surface area contributed by atoms with Crippen molar-refractivity contribution in [1.82, 2.24) is 5.32 Å². The second-order valence-electron chi connectivity index (χ2n) is 5.25. The molecule has 1 fully saturated rings. The van der Waals surface area contributed by atoms with E-state index < -0.39 is 0 Å². The lowest BCUT2D eigenvalue weighted by Crippen LogP contribution is -2.37. The van der Waals surface area contributed by atoms with Crippen LogP contribution in [0.3, 0.4) is 0 Å². The molecule has 104 valence electrons. The van der Waals surface area contributed by atoms with Crippen LogP contribution >= 0.6 is 0 Å². The Balaban J connectivity index is 1.87. The van der Waals surface area contributed by atoms with E-state index in [0.717, 1.165) is 12.8 Å². The molecule has 2 N–H and O–H groups in total. The average Bonchev–Trinajstić information content (AvgIpc) is 2.62. The van der Waals surface area contributed by atoms with Crippen molar-refractivity contribution in [2.75, 3.05) is 5.32 Å². The number of urea groups is 1. The van der Waals surface area contributed by atoms with Crippen LogP contribution in [0.1, 0.15) is 44.1 Å². The number of carbonyl (C=O) groups is 1. The standard InChI is InChI=1S/C15H21FN2O/c1-11-8-9-13(10-14(11)16)18-15(19)17-12-6-4-2-3-5-7-12/h8-10,12H,2-7H2,1H3,(H2,17,18,19). The topological polar surface area (TPSA) is 41.1 Å². The largest absolute Gasteiger partial charge is 0.335 e. The van der Waals surface area contributed by atoms with Gasteiger partial charge in [0, 0.05) is 11.7 Å². The Morgan fingerprint density at radius 3 is 2.53 bits per heavy atom. The molecule has 1 saturated carbocycles. The van der Waals surface area contributed by atoms with Crippen LogP contribution in [0.2, 0.25) is 0 Å². The highest BCUT2D eigenvalue weighted by molar-refractivity contribution is 5.89. The van der Waals surface area contributed by atoms with E-state index >= 15 is 0 Å².